The van der Waals surface area contributed by atoms with E-state index in [1.54, 1.807) is 6.92 Å². The lowest BCUT2D eigenvalue weighted by molar-refractivity contribution is 0.0677. The lowest BCUT2D eigenvalue weighted by atomic mass is 10.2. The Labute approximate surface area is 92.7 Å². The highest BCUT2D eigenvalue weighted by Crippen LogP contribution is 2.14. The van der Waals surface area contributed by atoms with Gasteiger partial charge in [-0.2, -0.15) is 0 Å². The van der Waals surface area contributed by atoms with E-state index in [9.17, 15) is 9.18 Å². The summed E-state index contributed by atoms with van der Waals surface area (Å²) in [7, 11) is 1.49. The number of hydrogen-bond donors (Lipinski definition) is 2. The molecule has 0 bridgehead atoms. The van der Waals surface area contributed by atoms with Crippen molar-refractivity contribution in [3.63, 3.8) is 0 Å². The van der Waals surface area contributed by atoms with Crippen LogP contribution in [0.3, 0.4) is 0 Å². The Hall–Kier alpha value is -1.69. The highest BCUT2D eigenvalue weighted by atomic mass is 19.1. The first-order valence-electron chi connectivity index (χ1n) is 4.77. The molecule has 6 heteroatoms. The number of nitrogen functional groups attached to an aromatic ring is 1. The fourth-order valence-electron chi connectivity index (χ4n) is 1.14. The second-order valence-corrected chi connectivity index (χ2v) is 3.51. The Morgan fingerprint density at radius 1 is 1.75 bits per heavy atom. The predicted molar refractivity (Wildman–Crippen MR) is 57.2 cm³/mol. The summed E-state index contributed by atoms with van der Waals surface area (Å²) in [4.78, 5) is 16.6. The van der Waals surface area contributed by atoms with Crippen LogP contribution in [0.25, 0.3) is 0 Å². The minimum atomic E-state index is -0.829. The average Bonchev–Trinajstić information content (AvgIpc) is 2.29. The number of halogens is 1. The highest BCUT2D eigenvalue weighted by molar-refractivity contribution is 5.95. The van der Waals surface area contributed by atoms with Crippen molar-refractivity contribution in [1.82, 2.24) is 9.88 Å². The van der Waals surface area contributed by atoms with Gasteiger partial charge in [-0.25, -0.2) is 9.37 Å². The van der Waals surface area contributed by atoms with Gasteiger partial charge in [-0.15, -0.1) is 0 Å². The molecule has 0 saturated carbocycles. The summed E-state index contributed by atoms with van der Waals surface area (Å²) in [5, 5.41) is 8.90. The second kappa shape index (κ2) is 4.89. The number of pyridine rings is 1. The topological polar surface area (TPSA) is 79.5 Å². The molecule has 0 fully saturated rings. The zero-order valence-corrected chi connectivity index (χ0v) is 9.14. The molecule has 0 aliphatic carbocycles. The molecule has 1 unspecified atom stereocenters. The molecule has 0 aliphatic rings. The minimum absolute atomic E-state index is 0.143. The minimum Gasteiger partial charge on any atom is -0.394 e. The van der Waals surface area contributed by atoms with E-state index in [4.69, 9.17) is 10.8 Å². The van der Waals surface area contributed by atoms with Gasteiger partial charge >= 0.3 is 0 Å². The molecule has 1 aromatic rings. The molecule has 1 amide bonds. The number of aliphatic hydroxyl groups is 1. The second-order valence-electron chi connectivity index (χ2n) is 3.51. The molecule has 0 aliphatic heterocycles. The van der Waals surface area contributed by atoms with Crippen LogP contribution in [0.2, 0.25) is 0 Å². The number of carbonyl (C=O) groups is 1. The summed E-state index contributed by atoms with van der Waals surface area (Å²) in [6.07, 6.45) is 1.27. The van der Waals surface area contributed by atoms with Crippen molar-refractivity contribution in [2.24, 2.45) is 0 Å². The quantitative estimate of drug-likeness (QED) is 0.776. The Morgan fingerprint density at radius 3 is 2.94 bits per heavy atom. The van der Waals surface area contributed by atoms with E-state index in [-0.39, 0.29) is 24.0 Å². The highest BCUT2D eigenvalue weighted by Gasteiger charge is 2.21. The number of anilines is 1. The summed E-state index contributed by atoms with van der Waals surface area (Å²) < 4.78 is 13.5. The Balaban J connectivity index is 3.01. The first kappa shape index (κ1) is 12.4. The molecule has 1 rings (SSSR count). The molecule has 0 radical (unpaired) electrons. The van der Waals surface area contributed by atoms with Gasteiger partial charge in [0.1, 0.15) is 0 Å². The lowest BCUT2D eigenvalue weighted by Crippen LogP contribution is -2.37. The van der Waals surface area contributed by atoms with E-state index in [2.05, 4.69) is 4.98 Å². The van der Waals surface area contributed by atoms with Gasteiger partial charge in [-0.1, -0.05) is 0 Å². The molecule has 3 N–H and O–H groups in total. The van der Waals surface area contributed by atoms with Gasteiger partial charge in [0.2, 0.25) is 0 Å². The van der Waals surface area contributed by atoms with Gasteiger partial charge < -0.3 is 15.7 Å². The number of nitrogens with zero attached hydrogens (tertiary/aromatic N) is 2. The van der Waals surface area contributed by atoms with Gasteiger partial charge in [0.05, 0.1) is 18.2 Å². The monoisotopic (exact) mass is 227 g/mol. The van der Waals surface area contributed by atoms with Crippen molar-refractivity contribution in [1.29, 1.82) is 0 Å². The maximum Gasteiger partial charge on any atom is 0.257 e. The lowest BCUT2D eigenvalue weighted by Gasteiger charge is -2.23. The Bertz CT molecular complexity index is 398. The molecule has 1 heterocycles. The van der Waals surface area contributed by atoms with Gasteiger partial charge in [0.25, 0.3) is 5.91 Å². The van der Waals surface area contributed by atoms with Gasteiger partial charge in [-0.3, -0.25) is 4.79 Å². The molecule has 0 spiro atoms. The maximum atomic E-state index is 13.5. The van der Waals surface area contributed by atoms with Crippen LogP contribution in [0.5, 0.6) is 0 Å². The first-order chi connectivity index (χ1) is 7.49. The third-order valence-electron chi connectivity index (χ3n) is 2.39. The number of amides is 1. The third kappa shape index (κ3) is 2.27. The fraction of sp³-hybridized carbons (Fsp3) is 0.400. The fourth-order valence-corrected chi connectivity index (χ4v) is 1.14. The average molecular weight is 227 g/mol. The smallest absolute Gasteiger partial charge is 0.257 e. The molecule has 5 nitrogen and oxygen atoms in total. The van der Waals surface area contributed by atoms with E-state index < -0.39 is 11.7 Å². The Kier molecular flexibility index (Phi) is 3.78. The largest absolute Gasteiger partial charge is 0.394 e. The summed E-state index contributed by atoms with van der Waals surface area (Å²) in [5.41, 5.74) is 5.12. The summed E-state index contributed by atoms with van der Waals surface area (Å²) in [6.45, 7) is 1.46. The number of likely N-dealkylation sites (N-methyl/N-ethyl adjacent to an activating group) is 1. The van der Waals surface area contributed by atoms with Crippen LogP contribution in [0, 0.1) is 5.82 Å². The van der Waals surface area contributed by atoms with Crippen molar-refractivity contribution in [3.05, 3.63) is 23.6 Å². The zero-order chi connectivity index (χ0) is 12.3. The van der Waals surface area contributed by atoms with Gasteiger partial charge in [0.15, 0.2) is 11.6 Å². The van der Waals surface area contributed by atoms with E-state index in [0.717, 1.165) is 0 Å². The van der Waals surface area contributed by atoms with Crippen LogP contribution in [0.4, 0.5) is 10.2 Å². The molecular weight excluding hydrogens is 213 g/mol. The van der Waals surface area contributed by atoms with E-state index in [0.29, 0.717) is 0 Å². The molecule has 0 saturated heterocycles. The first-order valence-corrected chi connectivity index (χ1v) is 4.77. The number of nitrogens with two attached hydrogens (primary N) is 1. The maximum absolute atomic E-state index is 13.5. The number of aliphatic hydroxyl groups excluding tert-OH is 1. The van der Waals surface area contributed by atoms with Crippen LogP contribution in [-0.4, -0.2) is 40.6 Å². The van der Waals surface area contributed by atoms with Crippen molar-refractivity contribution in [2.75, 3.05) is 19.4 Å². The van der Waals surface area contributed by atoms with Crippen LogP contribution >= 0.6 is 0 Å². The summed E-state index contributed by atoms with van der Waals surface area (Å²) in [6, 6.07) is 0.871. The molecule has 88 valence electrons. The molecule has 1 aromatic heterocycles. The van der Waals surface area contributed by atoms with Crippen LogP contribution < -0.4 is 5.73 Å². The summed E-state index contributed by atoms with van der Waals surface area (Å²) in [5.74, 6) is -1.67. The van der Waals surface area contributed by atoms with E-state index >= 15 is 0 Å². The zero-order valence-electron chi connectivity index (χ0n) is 9.14. The standard InChI is InChI=1S/C10H14FN3O2/c1-6(5-15)14(2)10(16)7-3-4-13-9(12)8(7)11/h3-4,6,15H,5H2,1-2H3,(H2,12,13). The van der Waals surface area contributed by atoms with Crippen molar-refractivity contribution in [2.45, 2.75) is 13.0 Å². The van der Waals surface area contributed by atoms with E-state index in [1.807, 2.05) is 0 Å². The SMILES string of the molecule is CC(CO)N(C)C(=O)c1ccnc(N)c1F. The Morgan fingerprint density at radius 2 is 2.38 bits per heavy atom. The number of carbonyl (C=O) groups excluding carboxylic acids is 1. The number of rotatable bonds is 3. The molecule has 16 heavy (non-hydrogen) atoms. The van der Waals surface area contributed by atoms with Crippen molar-refractivity contribution < 1.29 is 14.3 Å². The van der Waals surface area contributed by atoms with Gasteiger partial charge in [0, 0.05) is 13.2 Å². The third-order valence-corrected chi connectivity index (χ3v) is 2.39. The van der Waals surface area contributed by atoms with Crippen LogP contribution in [0.15, 0.2) is 12.3 Å². The molecule has 1 atom stereocenters. The summed E-state index contributed by atoms with van der Waals surface area (Å²) >= 11 is 0. The van der Waals surface area contributed by atoms with Crippen molar-refractivity contribution >= 4 is 11.7 Å². The van der Waals surface area contributed by atoms with Crippen molar-refractivity contribution in [3.8, 4) is 0 Å². The van der Waals surface area contributed by atoms with Crippen LogP contribution in [0.1, 0.15) is 17.3 Å². The predicted octanol–water partition coefficient (Wildman–Crippen LogP) is 0.256. The number of hydrogen-bond acceptors (Lipinski definition) is 4. The molecule has 0 aromatic carbocycles. The normalized spacial score (nSPS) is 12.2. The van der Waals surface area contributed by atoms with Crippen LogP contribution in [-0.2, 0) is 0 Å². The molecular formula is C10H14FN3O2. The van der Waals surface area contributed by atoms with E-state index in [1.165, 1.54) is 24.2 Å². The number of aromatic nitrogens is 1. The van der Waals surface area contributed by atoms with Gasteiger partial charge in [-0.05, 0) is 13.0 Å².